The fourth-order valence-electron chi connectivity index (χ4n) is 7.86. The highest BCUT2D eigenvalue weighted by molar-refractivity contribution is 6.13. The van der Waals surface area contributed by atoms with Crippen molar-refractivity contribution in [2.75, 3.05) is 0 Å². The number of benzene rings is 8. The number of hydrogen-bond acceptors (Lipinski definition) is 1. The van der Waals surface area contributed by atoms with Crippen LogP contribution in [0.5, 0.6) is 0 Å². The Morgan fingerprint density at radius 2 is 0.712 bits per heavy atom. The first-order valence-corrected chi connectivity index (χ1v) is 17.6. The topological polar surface area (TPSA) is 33.6 Å². The molecule has 2 heterocycles. The average Bonchev–Trinajstić information content (AvgIpc) is 3.73. The van der Waals surface area contributed by atoms with Gasteiger partial charge in [-0.1, -0.05) is 103 Å². The van der Waals surface area contributed by atoms with Gasteiger partial charge in [-0.3, -0.25) is 0 Å². The Kier molecular flexibility index (Phi) is 6.87. The van der Waals surface area contributed by atoms with Gasteiger partial charge in [0, 0.05) is 32.9 Å². The maximum atomic E-state index is 9.28. The molecule has 52 heavy (non-hydrogen) atoms. The van der Waals surface area contributed by atoms with Crippen LogP contribution in [0, 0.1) is 11.3 Å². The molecule has 0 fully saturated rings. The predicted octanol–water partition coefficient (Wildman–Crippen LogP) is 12.8. The molecule has 0 amide bonds. The molecular formula is C49H31N3. The van der Waals surface area contributed by atoms with Gasteiger partial charge in [0.05, 0.1) is 33.7 Å². The van der Waals surface area contributed by atoms with E-state index < -0.39 is 0 Å². The lowest BCUT2D eigenvalue weighted by Crippen LogP contribution is -1.93. The fraction of sp³-hybridized carbons (Fsp3) is 0. The molecule has 0 atom stereocenters. The van der Waals surface area contributed by atoms with Crippen molar-refractivity contribution in [1.82, 2.24) is 9.13 Å². The lowest BCUT2D eigenvalue weighted by atomic mass is 9.97. The summed E-state index contributed by atoms with van der Waals surface area (Å²) in [5, 5.41) is 14.2. The van der Waals surface area contributed by atoms with Gasteiger partial charge in [0.1, 0.15) is 0 Å². The minimum Gasteiger partial charge on any atom is -0.309 e. The summed E-state index contributed by atoms with van der Waals surface area (Å²) in [5.41, 5.74) is 14.6. The second-order valence-electron chi connectivity index (χ2n) is 13.3. The van der Waals surface area contributed by atoms with E-state index in [4.69, 9.17) is 0 Å². The summed E-state index contributed by atoms with van der Waals surface area (Å²) in [4.78, 5) is 0. The monoisotopic (exact) mass is 661 g/mol. The molecule has 10 rings (SSSR count). The van der Waals surface area contributed by atoms with E-state index in [1.54, 1.807) is 0 Å². The van der Waals surface area contributed by atoms with Crippen molar-refractivity contribution >= 4 is 43.6 Å². The van der Waals surface area contributed by atoms with Crippen LogP contribution in [0.25, 0.3) is 88.4 Å². The lowest BCUT2D eigenvalue weighted by Gasteiger charge is -2.09. The number of nitriles is 1. The molecule has 3 nitrogen and oxygen atoms in total. The standard InChI is InChI=1S/C49H31N3/c50-32-33-18-20-34(21-19-33)35-10-9-11-36(28-35)37-22-26-48-44(30-37)45-31-39(24-27-49(45)52(48)41-14-5-2-6-15-41)38-23-25-47-43(29-38)42-16-7-8-17-46(42)51(47)40-12-3-1-4-13-40/h1-31H. The fourth-order valence-corrected chi connectivity index (χ4v) is 7.86. The summed E-state index contributed by atoms with van der Waals surface area (Å²) in [6.45, 7) is 0. The van der Waals surface area contributed by atoms with Crippen LogP contribution in [0.1, 0.15) is 5.56 Å². The third-order valence-corrected chi connectivity index (χ3v) is 10.3. The normalized spacial score (nSPS) is 11.4. The van der Waals surface area contributed by atoms with Crippen molar-refractivity contribution in [1.29, 1.82) is 5.26 Å². The minimum atomic E-state index is 0.665. The third-order valence-electron chi connectivity index (χ3n) is 10.3. The van der Waals surface area contributed by atoms with Gasteiger partial charge in [0.2, 0.25) is 0 Å². The zero-order valence-electron chi connectivity index (χ0n) is 28.2. The van der Waals surface area contributed by atoms with Crippen molar-refractivity contribution < 1.29 is 0 Å². The summed E-state index contributed by atoms with van der Waals surface area (Å²) in [7, 11) is 0. The Labute approximate surface area is 301 Å². The van der Waals surface area contributed by atoms with Crippen molar-refractivity contribution in [2.45, 2.75) is 0 Å². The first kappa shape index (κ1) is 29.7. The van der Waals surface area contributed by atoms with Gasteiger partial charge in [0.25, 0.3) is 0 Å². The SMILES string of the molecule is N#Cc1ccc(-c2cccc(-c3ccc4c(c3)c3cc(-c5ccc6c(c5)c5ccccc5n6-c5ccccc5)ccc3n4-c3ccccc3)c2)cc1. The highest BCUT2D eigenvalue weighted by Gasteiger charge is 2.17. The summed E-state index contributed by atoms with van der Waals surface area (Å²) in [5.74, 6) is 0. The maximum Gasteiger partial charge on any atom is 0.0991 e. The summed E-state index contributed by atoms with van der Waals surface area (Å²) in [6.07, 6.45) is 0. The molecule has 0 unspecified atom stereocenters. The van der Waals surface area contributed by atoms with E-state index in [0.717, 1.165) is 33.6 Å². The molecule has 0 spiro atoms. The van der Waals surface area contributed by atoms with Crippen molar-refractivity contribution in [3.05, 3.63) is 194 Å². The Balaban J connectivity index is 1.15. The van der Waals surface area contributed by atoms with Gasteiger partial charge in [-0.05, 0) is 118 Å². The van der Waals surface area contributed by atoms with Crippen LogP contribution in [0.15, 0.2) is 188 Å². The molecule has 8 aromatic carbocycles. The van der Waals surface area contributed by atoms with Gasteiger partial charge in [-0.15, -0.1) is 0 Å². The Hall–Kier alpha value is -7.15. The summed E-state index contributed by atoms with van der Waals surface area (Å²) < 4.78 is 4.74. The number of para-hydroxylation sites is 3. The minimum absolute atomic E-state index is 0.665. The molecule has 0 bridgehead atoms. The third kappa shape index (κ3) is 4.81. The smallest absolute Gasteiger partial charge is 0.0991 e. The van der Waals surface area contributed by atoms with Crippen LogP contribution >= 0.6 is 0 Å². The van der Waals surface area contributed by atoms with Crippen LogP contribution in [0.2, 0.25) is 0 Å². The first-order valence-electron chi connectivity index (χ1n) is 17.6. The van der Waals surface area contributed by atoms with Gasteiger partial charge in [0.15, 0.2) is 0 Å². The zero-order chi connectivity index (χ0) is 34.6. The van der Waals surface area contributed by atoms with Crippen LogP contribution < -0.4 is 0 Å². The first-order chi connectivity index (χ1) is 25.7. The van der Waals surface area contributed by atoms with Gasteiger partial charge in [-0.25, -0.2) is 0 Å². The lowest BCUT2D eigenvalue weighted by molar-refractivity contribution is 1.18. The highest BCUT2D eigenvalue weighted by atomic mass is 15.0. The average molecular weight is 662 g/mol. The quantitative estimate of drug-likeness (QED) is 0.181. The van der Waals surface area contributed by atoms with Crippen molar-refractivity contribution in [3.8, 4) is 50.8 Å². The molecule has 3 heteroatoms. The van der Waals surface area contributed by atoms with E-state index in [1.165, 1.54) is 54.7 Å². The molecule has 10 aromatic rings. The number of nitrogens with zero attached hydrogens (tertiary/aromatic N) is 3. The van der Waals surface area contributed by atoms with E-state index in [1.807, 2.05) is 24.3 Å². The molecule has 0 aliphatic rings. The van der Waals surface area contributed by atoms with Crippen LogP contribution in [-0.2, 0) is 0 Å². The van der Waals surface area contributed by atoms with Gasteiger partial charge < -0.3 is 9.13 Å². The number of hydrogen-bond donors (Lipinski definition) is 0. The number of aromatic nitrogens is 2. The maximum absolute atomic E-state index is 9.28. The van der Waals surface area contributed by atoms with Crippen LogP contribution in [0.3, 0.4) is 0 Å². The molecule has 2 aromatic heterocycles. The molecular weight excluding hydrogens is 631 g/mol. The second-order valence-corrected chi connectivity index (χ2v) is 13.3. The largest absolute Gasteiger partial charge is 0.309 e. The molecule has 0 saturated heterocycles. The molecule has 0 radical (unpaired) electrons. The molecule has 0 saturated carbocycles. The number of rotatable bonds is 5. The van der Waals surface area contributed by atoms with Crippen LogP contribution in [0.4, 0.5) is 0 Å². The van der Waals surface area contributed by atoms with E-state index >= 15 is 0 Å². The molecule has 242 valence electrons. The van der Waals surface area contributed by atoms with E-state index in [-0.39, 0.29) is 0 Å². The molecule has 0 aliphatic carbocycles. The molecule has 0 N–H and O–H groups in total. The highest BCUT2D eigenvalue weighted by Crippen LogP contribution is 2.39. The zero-order valence-corrected chi connectivity index (χ0v) is 28.2. The molecule has 0 aliphatic heterocycles. The predicted molar refractivity (Wildman–Crippen MR) is 216 cm³/mol. The number of fused-ring (bicyclic) bond motifs is 6. The van der Waals surface area contributed by atoms with Gasteiger partial charge in [-0.2, -0.15) is 5.26 Å². The second kappa shape index (κ2) is 12.0. The summed E-state index contributed by atoms with van der Waals surface area (Å²) >= 11 is 0. The Morgan fingerprint density at radius 3 is 1.23 bits per heavy atom. The van der Waals surface area contributed by atoms with Gasteiger partial charge >= 0.3 is 0 Å². The van der Waals surface area contributed by atoms with Crippen molar-refractivity contribution in [2.24, 2.45) is 0 Å². The van der Waals surface area contributed by atoms with E-state index in [0.29, 0.717) is 5.56 Å². The van der Waals surface area contributed by atoms with Crippen LogP contribution in [-0.4, -0.2) is 9.13 Å². The van der Waals surface area contributed by atoms with Crippen molar-refractivity contribution in [3.63, 3.8) is 0 Å². The summed E-state index contributed by atoms with van der Waals surface area (Å²) in [6, 6.07) is 69.3. The Bertz CT molecular complexity index is 3000. The van der Waals surface area contributed by atoms with E-state index in [9.17, 15) is 5.26 Å². The van der Waals surface area contributed by atoms with E-state index in [2.05, 4.69) is 179 Å². The Morgan fingerprint density at radius 1 is 0.308 bits per heavy atom.